The van der Waals surface area contributed by atoms with Gasteiger partial charge >= 0.3 is 5.97 Å². The van der Waals surface area contributed by atoms with Crippen molar-refractivity contribution in [1.82, 2.24) is 0 Å². The minimum Gasteiger partial charge on any atom is -0.469 e. The highest BCUT2D eigenvalue weighted by Gasteiger charge is 2.29. The molecule has 0 atom stereocenters. The number of ether oxygens (including phenoxy) is 1. The van der Waals surface area contributed by atoms with Gasteiger partial charge in [-0.3, -0.25) is 4.79 Å². The second-order valence-electron chi connectivity index (χ2n) is 4.14. The Morgan fingerprint density at radius 1 is 1.40 bits per heavy atom. The Hall–Kier alpha value is -0.580. The number of rotatable bonds is 3. The van der Waals surface area contributed by atoms with Crippen molar-refractivity contribution in [2.75, 3.05) is 7.11 Å². The van der Waals surface area contributed by atoms with Crippen LogP contribution in [0.1, 0.15) is 19.4 Å². The van der Waals surface area contributed by atoms with Gasteiger partial charge in [-0.15, -0.1) is 0 Å². The molecule has 1 aromatic carbocycles. The van der Waals surface area contributed by atoms with E-state index in [0.29, 0.717) is 6.42 Å². The summed E-state index contributed by atoms with van der Waals surface area (Å²) in [4.78, 5) is 11.5. The Morgan fingerprint density at radius 2 is 2.00 bits per heavy atom. The van der Waals surface area contributed by atoms with Crippen LogP contribution in [-0.4, -0.2) is 13.1 Å². The molecule has 2 nitrogen and oxygen atoms in total. The monoisotopic (exact) mass is 318 g/mol. The lowest BCUT2D eigenvalue weighted by Crippen LogP contribution is -2.28. The van der Waals surface area contributed by atoms with Crippen LogP contribution >= 0.6 is 22.6 Å². The fourth-order valence-electron chi connectivity index (χ4n) is 1.47. The van der Waals surface area contributed by atoms with E-state index in [1.54, 1.807) is 0 Å². The third kappa shape index (κ3) is 3.19. The second-order valence-corrected chi connectivity index (χ2v) is 5.31. The summed E-state index contributed by atoms with van der Waals surface area (Å²) in [6.07, 6.45) is 0.707. The van der Waals surface area contributed by atoms with Crippen molar-refractivity contribution < 1.29 is 9.53 Å². The molecule has 0 aliphatic rings. The topological polar surface area (TPSA) is 26.3 Å². The van der Waals surface area contributed by atoms with Crippen molar-refractivity contribution in [1.29, 1.82) is 0 Å². The van der Waals surface area contributed by atoms with E-state index >= 15 is 0 Å². The van der Waals surface area contributed by atoms with Crippen LogP contribution in [0.15, 0.2) is 24.3 Å². The maximum atomic E-state index is 11.5. The normalized spacial score (nSPS) is 11.2. The molecule has 0 aromatic heterocycles. The highest BCUT2D eigenvalue weighted by molar-refractivity contribution is 14.1. The predicted molar refractivity (Wildman–Crippen MR) is 68.7 cm³/mol. The average Bonchev–Trinajstić information content (AvgIpc) is 2.20. The molecule has 0 bridgehead atoms. The SMILES string of the molecule is COC(=O)C(C)(C)Cc1ccccc1I. The minimum atomic E-state index is -0.462. The molecule has 0 heterocycles. The smallest absolute Gasteiger partial charge is 0.311 e. The highest BCUT2D eigenvalue weighted by atomic mass is 127. The zero-order valence-electron chi connectivity index (χ0n) is 9.21. The number of methoxy groups -OCH3 is 1. The third-order valence-corrected chi connectivity index (χ3v) is 3.38. The van der Waals surface area contributed by atoms with Gasteiger partial charge < -0.3 is 4.74 Å². The summed E-state index contributed by atoms with van der Waals surface area (Å²) >= 11 is 2.28. The quantitative estimate of drug-likeness (QED) is 0.632. The lowest BCUT2D eigenvalue weighted by atomic mass is 9.86. The van der Waals surface area contributed by atoms with Crippen molar-refractivity contribution in [3.8, 4) is 0 Å². The van der Waals surface area contributed by atoms with E-state index in [1.807, 2.05) is 38.1 Å². The number of halogens is 1. The van der Waals surface area contributed by atoms with Gasteiger partial charge in [-0.2, -0.15) is 0 Å². The number of benzene rings is 1. The van der Waals surface area contributed by atoms with E-state index in [1.165, 1.54) is 16.2 Å². The van der Waals surface area contributed by atoms with Crippen LogP contribution in [-0.2, 0) is 16.0 Å². The van der Waals surface area contributed by atoms with Crippen molar-refractivity contribution in [2.45, 2.75) is 20.3 Å². The molecule has 0 aliphatic heterocycles. The molecule has 15 heavy (non-hydrogen) atoms. The summed E-state index contributed by atoms with van der Waals surface area (Å²) in [5.41, 5.74) is 0.726. The Bertz CT molecular complexity index is 358. The molecule has 0 fully saturated rings. The van der Waals surface area contributed by atoms with Gasteiger partial charge in [0.15, 0.2) is 0 Å². The first-order valence-corrected chi connectivity index (χ1v) is 5.87. The molecule has 1 rings (SSSR count). The van der Waals surface area contributed by atoms with E-state index in [0.717, 1.165) is 0 Å². The first kappa shape index (κ1) is 12.5. The molecule has 0 spiro atoms. The van der Waals surface area contributed by atoms with Crippen molar-refractivity contribution in [2.24, 2.45) is 5.41 Å². The van der Waals surface area contributed by atoms with E-state index in [4.69, 9.17) is 4.74 Å². The molecular weight excluding hydrogens is 303 g/mol. The van der Waals surface area contributed by atoms with E-state index < -0.39 is 5.41 Å². The Morgan fingerprint density at radius 3 is 2.53 bits per heavy atom. The number of carbonyl (C=O) groups is 1. The Balaban J connectivity index is 2.86. The van der Waals surface area contributed by atoms with Gasteiger partial charge in [0.05, 0.1) is 12.5 Å². The van der Waals surface area contributed by atoms with Crippen LogP contribution in [0.2, 0.25) is 0 Å². The number of hydrogen-bond acceptors (Lipinski definition) is 2. The lowest BCUT2D eigenvalue weighted by molar-refractivity contribution is -0.150. The molecule has 1 aromatic rings. The summed E-state index contributed by atoms with van der Waals surface area (Å²) in [6, 6.07) is 8.08. The summed E-state index contributed by atoms with van der Waals surface area (Å²) in [7, 11) is 1.43. The van der Waals surface area contributed by atoms with E-state index in [9.17, 15) is 4.79 Å². The largest absolute Gasteiger partial charge is 0.469 e. The van der Waals surface area contributed by atoms with Crippen molar-refractivity contribution in [3.63, 3.8) is 0 Å². The van der Waals surface area contributed by atoms with E-state index in [-0.39, 0.29) is 5.97 Å². The maximum absolute atomic E-state index is 11.5. The first-order valence-electron chi connectivity index (χ1n) is 4.79. The third-order valence-electron chi connectivity index (χ3n) is 2.33. The van der Waals surface area contributed by atoms with Gasteiger partial charge in [-0.05, 0) is 54.5 Å². The Kier molecular flexibility index (Phi) is 4.13. The van der Waals surface area contributed by atoms with Crippen LogP contribution in [0, 0.1) is 8.99 Å². The standard InChI is InChI=1S/C12H15IO2/c1-12(2,11(14)15-3)8-9-6-4-5-7-10(9)13/h4-7H,8H2,1-3H3. The average molecular weight is 318 g/mol. The van der Waals surface area contributed by atoms with Crippen LogP contribution < -0.4 is 0 Å². The molecule has 0 saturated carbocycles. The van der Waals surface area contributed by atoms with Crippen LogP contribution in [0.25, 0.3) is 0 Å². The van der Waals surface area contributed by atoms with Gasteiger partial charge in [-0.1, -0.05) is 18.2 Å². The minimum absolute atomic E-state index is 0.165. The molecule has 0 N–H and O–H groups in total. The molecule has 82 valence electrons. The fraction of sp³-hybridized carbons (Fsp3) is 0.417. The predicted octanol–water partition coefficient (Wildman–Crippen LogP) is 3.03. The van der Waals surface area contributed by atoms with Gasteiger partial charge in [-0.25, -0.2) is 0 Å². The van der Waals surface area contributed by atoms with Gasteiger partial charge in [0.1, 0.15) is 0 Å². The number of esters is 1. The zero-order chi connectivity index (χ0) is 11.5. The maximum Gasteiger partial charge on any atom is 0.311 e. The van der Waals surface area contributed by atoms with Gasteiger partial charge in [0.25, 0.3) is 0 Å². The van der Waals surface area contributed by atoms with Crippen molar-refractivity contribution >= 4 is 28.6 Å². The molecular formula is C12H15IO2. The molecule has 3 heteroatoms. The van der Waals surface area contributed by atoms with Crippen LogP contribution in [0.4, 0.5) is 0 Å². The summed E-state index contributed by atoms with van der Waals surface area (Å²) < 4.78 is 5.97. The molecule has 0 amide bonds. The molecule has 0 unspecified atom stereocenters. The summed E-state index contributed by atoms with van der Waals surface area (Å²) in [6.45, 7) is 3.81. The van der Waals surface area contributed by atoms with Gasteiger partial charge in [0.2, 0.25) is 0 Å². The summed E-state index contributed by atoms with van der Waals surface area (Å²) in [5, 5.41) is 0. The number of carbonyl (C=O) groups excluding carboxylic acids is 1. The molecule has 0 saturated heterocycles. The lowest BCUT2D eigenvalue weighted by Gasteiger charge is -2.21. The van der Waals surface area contributed by atoms with Crippen LogP contribution in [0.3, 0.4) is 0 Å². The van der Waals surface area contributed by atoms with Gasteiger partial charge in [0, 0.05) is 3.57 Å². The zero-order valence-corrected chi connectivity index (χ0v) is 11.4. The molecule has 0 aliphatic carbocycles. The first-order chi connectivity index (χ1) is 6.97. The number of hydrogen-bond donors (Lipinski definition) is 0. The second kappa shape index (κ2) is 4.96. The highest BCUT2D eigenvalue weighted by Crippen LogP contribution is 2.25. The van der Waals surface area contributed by atoms with Crippen molar-refractivity contribution in [3.05, 3.63) is 33.4 Å². The van der Waals surface area contributed by atoms with E-state index in [2.05, 4.69) is 22.6 Å². The Labute approximate surface area is 104 Å². The fourth-order valence-corrected chi connectivity index (χ4v) is 2.04. The summed E-state index contributed by atoms with van der Waals surface area (Å²) in [5.74, 6) is -0.165. The molecule has 0 radical (unpaired) electrons. The van der Waals surface area contributed by atoms with Crippen LogP contribution in [0.5, 0.6) is 0 Å².